The van der Waals surface area contributed by atoms with E-state index in [0.29, 0.717) is 17.8 Å². The number of ether oxygens (including phenoxy) is 1. The molecule has 0 fully saturated rings. The summed E-state index contributed by atoms with van der Waals surface area (Å²) in [5.41, 5.74) is 0.742. The van der Waals surface area contributed by atoms with E-state index >= 15 is 0 Å². The number of rotatable bonds is 4. The van der Waals surface area contributed by atoms with E-state index in [1.54, 1.807) is 10.9 Å². The molecule has 2 aromatic rings. The van der Waals surface area contributed by atoms with Gasteiger partial charge in [-0.25, -0.2) is 4.98 Å². The lowest BCUT2D eigenvalue weighted by Crippen LogP contribution is -2.42. The molecule has 0 spiro atoms. The molecule has 2 atom stereocenters. The van der Waals surface area contributed by atoms with Crippen LogP contribution in [0.25, 0.3) is 11.2 Å². The summed E-state index contributed by atoms with van der Waals surface area (Å²) < 4.78 is 13.9. The van der Waals surface area contributed by atoms with Crippen LogP contribution in [0.2, 0.25) is 18.1 Å². The van der Waals surface area contributed by atoms with Crippen molar-refractivity contribution in [2.45, 2.75) is 51.2 Å². The van der Waals surface area contributed by atoms with E-state index in [1.165, 1.54) is 0 Å². The minimum atomic E-state index is -1.81. The van der Waals surface area contributed by atoms with Crippen LogP contribution in [-0.4, -0.2) is 51.1 Å². The number of hydrogen-bond acceptors (Lipinski definition) is 7. The van der Waals surface area contributed by atoms with Crippen LogP contribution >= 0.6 is 0 Å². The van der Waals surface area contributed by atoms with Crippen molar-refractivity contribution in [3.05, 3.63) is 18.5 Å². The van der Waals surface area contributed by atoms with Gasteiger partial charge < -0.3 is 14.3 Å². The second-order valence-electron chi connectivity index (χ2n) is 7.46. The average molecular weight is 349 g/mol. The quantitative estimate of drug-likeness (QED) is 0.669. The summed E-state index contributed by atoms with van der Waals surface area (Å²) in [5.74, 6) is -0.237. The van der Waals surface area contributed by atoms with Gasteiger partial charge in [0.25, 0.3) is 5.88 Å². The van der Waals surface area contributed by atoms with Crippen molar-refractivity contribution in [3.8, 4) is 5.88 Å². The van der Waals surface area contributed by atoms with E-state index in [1.807, 2.05) is 12.2 Å². The minimum absolute atomic E-state index is 0.120. The van der Waals surface area contributed by atoms with Gasteiger partial charge in [0.2, 0.25) is 0 Å². The number of imidazole rings is 1. The van der Waals surface area contributed by atoms with E-state index in [9.17, 15) is 5.11 Å². The molecule has 0 unspecified atom stereocenters. The van der Waals surface area contributed by atoms with Crippen molar-refractivity contribution in [3.63, 3.8) is 0 Å². The fourth-order valence-electron chi connectivity index (χ4n) is 2.20. The molecule has 9 heteroatoms. The highest BCUT2D eigenvalue weighted by molar-refractivity contribution is 6.74. The first-order valence-electron chi connectivity index (χ1n) is 7.92. The summed E-state index contributed by atoms with van der Waals surface area (Å²) in [6, 6.07) is 0. The summed E-state index contributed by atoms with van der Waals surface area (Å²) in [7, 11) is -1.81. The molecule has 2 aromatic heterocycles. The number of hydrogen-bond donors (Lipinski definition) is 1. The molecule has 0 saturated heterocycles. The van der Waals surface area contributed by atoms with Crippen LogP contribution in [0.5, 0.6) is 5.88 Å². The van der Waals surface area contributed by atoms with Crippen molar-refractivity contribution >= 4 is 19.5 Å². The second kappa shape index (κ2) is 5.90. The average Bonchev–Trinajstić information content (AvgIpc) is 3.10. The third kappa shape index (κ3) is 3.06. The van der Waals surface area contributed by atoms with Gasteiger partial charge in [-0.15, -0.1) is 5.10 Å². The Bertz CT molecular complexity index is 768. The highest BCUT2D eigenvalue weighted by Crippen LogP contribution is 2.37. The molecule has 0 aromatic carbocycles. The first-order chi connectivity index (χ1) is 11.2. The number of fused-ring (bicyclic) bond motifs is 1. The Morgan fingerprint density at radius 3 is 2.75 bits per heavy atom. The number of aromatic hydroxyl groups is 1. The third-order valence-corrected chi connectivity index (χ3v) is 9.25. The standard InChI is InChI=1S/C15H23N5O3Si/c1-15(2,3)24(4,5)22-8-10-6-7-11(23-10)20-9-16-12-13(20)17-19-18-14(12)21/h6-7,9-11H,8H2,1-5H3,(H,17,18,21)/t10-,11+/m0/s1. The van der Waals surface area contributed by atoms with Crippen molar-refractivity contribution in [2.75, 3.05) is 6.61 Å². The lowest BCUT2D eigenvalue weighted by Gasteiger charge is -2.36. The zero-order valence-corrected chi connectivity index (χ0v) is 15.6. The van der Waals surface area contributed by atoms with E-state index in [2.05, 4.69) is 54.3 Å². The Morgan fingerprint density at radius 1 is 1.29 bits per heavy atom. The van der Waals surface area contributed by atoms with Crippen LogP contribution in [0.4, 0.5) is 0 Å². The Labute approximate surface area is 141 Å². The maximum atomic E-state index is 9.67. The van der Waals surface area contributed by atoms with Crippen LogP contribution in [-0.2, 0) is 9.16 Å². The largest absolute Gasteiger partial charge is 0.491 e. The SMILES string of the molecule is CC(C)(C)[Si](C)(C)OC[C@@H]1C=C[C@H](n2cnc3c(O)nnnc32)O1. The third-order valence-electron chi connectivity index (χ3n) is 4.75. The predicted octanol–water partition coefficient (Wildman–Crippen LogP) is 2.40. The van der Waals surface area contributed by atoms with Crippen molar-refractivity contribution in [1.82, 2.24) is 25.0 Å². The molecule has 0 aliphatic carbocycles. The van der Waals surface area contributed by atoms with Gasteiger partial charge in [-0.2, -0.15) is 0 Å². The zero-order valence-electron chi connectivity index (χ0n) is 14.6. The molecule has 0 radical (unpaired) electrons. The molecule has 1 aliphatic heterocycles. The maximum absolute atomic E-state index is 9.67. The summed E-state index contributed by atoms with van der Waals surface area (Å²) in [5, 5.41) is 20.8. The van der Waals surface area contributed by atoms with E-state index < -0.39 is 8.32 Å². The fourth-order valence-corrected chi connectivity index (χ4v) is 3.21. The van der Waals surface area contributed by atoms with Gasteiger partial charge in [0.05, 0.1) is 12.9 Å². The molecule has 0 bridgehead atoms. The normalized spacial score (nSPS) is 21.7. The van der Waals surface area contributed by atoms with Gasteiger partial charge in [0.15, 0.2) is 25.7 Å². The smallest absolute Gasteiger partial charge is 0.262 e. The topological polar surface area (TPSA) is 95.2 Å². The number of aromatic nitrogens is 5. The monoisotopic (exact) mass is 349 g/mol. The van der Waals surface area contributed by atoms with Gasteiger partial charge in [0, 0.05) is 0 Å². The molecular weight excluding hydrogens is 326 g/mol. The second-order valence-corrected chi connectivity index (χ2v) is 12.3. The van der Waals surface area contributed by atoms with Crippen molar-refractivity contribution < 1.29 is 14.3 Å². The Kier molecular flexibility index (Phi) is 4.18. The summed E-state index contributed by atoms with van der Waals surface area (Å²) in [6.45, 7) is 11.6. The first kappa shape index (κ1) is 17.0. The van der Waals surface area contributed by atoms with Crippen LogP contribution in [0.3, 0.4) is 0 Å². The first-order valence-corrected chi connectivity index (χ1v) is 10.8. The summed E-state index contributed by atoms with van der Waals surface area (Å²) in [4.78, 5) is 4.12. The molecule has 3 heterocycles. The van der Waals surface area contributed by atoms with Crippen LogP contribution in [0.15, 0.2) is 18.5 Å². The van der Waals surface area contributed by atoms with E-state index in [0.717, 1.165) is 0 Å². The van der Waals surface area contributed by atoms with E-state index in [-0.39, 0.29) is 23.3 Å². The van der Waals surface area contributed by atoms with Crippen LogP contribution < -0.4 is 0 Å². The molecule has 0 saturated carbocycles. The lowest BCUT2D eigenvalue weighted by atomic mass is 10.2. The van der Waals surface area contributed by atoms with E-state index in [4.69, 9.17) is 9.16 Å². The molecule has 0 amide bonds. The van der Waals surface area contributed by atoms with Gasteiger partial charge in [-0.3, -0.25) is 4.57 Å². The molecule has 130 valence electrons. The molecular formula is C15H23N5O3Si. The molecule has 24 heavy (non-hydrogen) atoms. The lowest BCUT2D eigenvalue weighted by molar-refractivity contribution is -0.00386. The van der Waals surface area contributed by atoms with Gasteiger partial charge in [-0.1, -0.05) is 31.9 Å². The fraction of sp³-hybridized carbons (Fsp3) is 0.600. The highest BCUT2D eigenvalue weighted by atomic mass is 28.4. The van der Waals surface area contributed by atoms with Crippen LogP contribution in [0, 0.1) is 0 Å². The Balaban J connectivity index is 1.68. The van der Waals surface area contributed by atoms with Crippen molar-refractivity contribution in [1.29, 1.82) is 0 Å². The zero-order chi connectivity index (χ0) is 17.5. The summed E-state index contributed by atoms with van der Waals surface area (Å²) >= 11 is 0. The minimum Gasteiger partial charge on any atom is -0.491 e. The molecule has 3 rings (SSSR count). The van der Waals surface area contributed by atoms with Gasteiger partial charge in [-0.05, 0) is 29.4 Å². The highest BCUT2D eigenvalue weighted by Gasteiger charge is 2.38. The Hall–Kier alpha value is -1.84. The predicted molar refractivity (Wildman–Crippen MR) is 91.0 cm³/mol. The van der Waals surface area contributed by atoms with Gasteiger partial charge >= 0.3 is 0 Å². The molecule has 8 nitrogen and oxygen atoms in total. The Morgan fingerprint density at radius 2 is 2.04 bits per heavy atom. The molecule has 1 aliphatic rings. The molecule has 1 N–H and O–H groups in total. The van der Waals surface area contributed by atoms with Gasteiger partial charge in [0.1, 0.15) is 6.10 Å². The van der Waals surface area contributed by atoms with Crippen molar-refractivity contribution in [2.24, 2.45) is 0 Å². The summed E-state index contributed by atoms with van der Waals surface area (Å²) in [6.07, 6.45) is 5.01. The maximum Gasteiger partial charge on any atom is 0.262 e. The number of nitrogens with zero attached hydrogens (tertiary/aromatic N) is 5. The van der Waals surface area contributed by atoms with Crippen LogP contribution in [0.1, 0.15) is 27.0 Å².